The molecule has 174 valence electrons. The van der Waals surface area contributed by atoms with Crippen molar-refractivity contribution in [2.24, 2.45) is 5.92 Å². The zero-order valence-corrected chi connectivity index (χ0v) is 18.2. The highest BCUT2D eigenvalue weighted by Gasteiger charge is 2.49. The van der Waals surface area contributed by atoms with E-state index in [1.807, 2.05) is 6.08 Å². The smallest absolute Gasteiger partial charge is 0.460 e. The molecule has 32 heavy (non-hydrogen) atoms. The molecule has 2 aromatic heterocycles. The third-order valence-electron chi connectivity index (χ3n) is 4.45. The maximum Gasteiger partial charge on any atom is 0.534 e. The zero-order valence-electron chi connectivity index (χ0n) is 17.3. The average Bonchev–Trinajstić information content (AvgIpc) is 2.65. The van der Waals surface area contributed by atoms with Crippen molar-refractivity contribution in [2.45, 2.75) is 51.1 Å². The van der Waals surface area contributed by atoms with Gasteiger partial charge in [0.1, 0.15) is 5.60 Å². The van der Waals surface area contributed by atoms with Crippen LogP contribution in [0.25, 0.3) is 11.2 Å². The average molecular weight is 475 g/mol. The summed E-state index contributed by atoms with van der Waals surface area (Å²) in [5.74, 6) is -1.60. The largest absolute Gasteiger partial charge is 0.534 e. The number of aromatic nitrogens is 3. The topological polar surface area (TPSA) is 117 Å². The van der Waals surface area contributed by atoms with Crippen LogP contribution in [-0.4, -0.2) is 40.1 Å². The van der Waals surface area contributed by atoms with Gasteiger partial charge in [-0.1, -0.05) is 6.08 Å². The Morgan fingerprint density at radius 3 is 2.47 bits per heavy atom. The molecular weight excluding hydrogens is 455 g/mol. The third kappa shape index (κ3) is 5.26. The molecule has 0 N–H and O–H groups in total. The lowest BCUT2D eigenvalue weighted by atomic mass is 9.88. The van der Waals surface area contributed by atoms with Gasteiger partial charge in [-0.3, -0.25) is 9.59 Å². The number of carbonyl (C=O) groups excluding carboxylic acids is 1. The van der Waals surface area contributed by atoms with Crippen molar-refractivity contribution in [2.75, 3.05) is 0 Å². The lowest BCUT2D eigenvalue weighted by molar-refractivity contribution is -0.160. The number of halogens is 3. The highest BCUT2D eigenvalue weighted by atomic mass is 32.2. The van der Waals surface area contributed by atoms with E-state index < -0.39 is 32.7 Å². The molecule has 0 aromatic carbocycles. The Kier molecular flexibility index (Phi) is 6.06. The number of fused-ring (bicyclic) bond motifs is 1. The number of allylic oxidation sites excluding steroid dienone is 2. The molecule has 2 heterocycles. The van der Waals surface area contributed by atoms with E-state index in [1.54, 1.807) is 20.8 Å². The van der Waals surface area contributed by atoms with Gasteiger partial charge < -0.3 is 8.92 Å². The van der Waals surface area contributed by atoms with Crippen molar-refractivity contribution in [1.82, 2.24) is 14.6 Å². The molecule has 9 nitrogen and oxygen atoms in total. The summed E-state index contributed by atoms with van der Waals surface area (Å²) in [4.78, 5) is 28.1. The first kappa shape index (κ1) is 23.7. The summed E-state index contributed by atoms with van der Waals surface area (Å²) in [5, 5.41) is 4.14. The van der Waals surface area contributed by atoms with Crippen LogP contribution in [0.2, 0.25) is 0 Å². The van der Waals surface area contributed by atoms with E-state index in [2.05, 4.69) is 14.3 Å². The molecule has 13 heteroatoms. The van der Waals surface area contributed by atoms with Crippen molar-refractivity contribution < 1.29 is 35.3 Å². The monoisotopic (exact) mass is 475 g/mol. The summed E-state index contributed by atoms with van der Waals surface area (Å²) >= 11 is 0. The minimum absolute atomic E-state index is 0.198. The van der Waals surface area contributed by atoms with Crippen LogP contribution in [0.4, 0.5) is 13.2 Å². The summed E-state index contributed by atoms with van der Waals surface area (Å²) < 4.78 is 69.8. The molecular formula is C19H20F3N3O6S. The lowest BCUT2D eigenvalue weighted by Gasteiger charge is -2.25. The van der Waals surface area contributed by atoms with E-state index in [1.165, 1.54) is 12.1 Å². The van der Waals surface area contributed by atoms with E-state index in [-0.39, 0.29) is 17.5 Å². The minimum atomic E-state index is -5.96. The van der Waals surface area contributed by atoms with Crippen LogP contribution in [0.15, 0.2) is 29.1 Å². The summed E-state index contributed by atoms with van der Waals surface area (Å²) in [6, 6.07) is 3.29. The predicted molar refractivity (Wildman–Crippen MR) is 106 cm³/mol. The van der Waals surface area contributed by atoms with Gasteiger partial charge >= 0.3 is 21.6 Å². The molecule has 0 amide bonds. The second kappa shape index (κ2) is 8.19. The van der Waals surface area contributed by atoms with Crippen LogP contribution < -0.4 is 9.74 Å². The summed E-state index contributed by atoms with van der Waals surface area (Å²) in [5.41, 5.74) is -6.17. The van der Waals surface area contributed by atoms with E-state index in [9.17, 15) is 31.2 Å². The first-order valence-corrected chi connectivity index (χ1v) is 10.9. The lowest BCUT2D eigenvalue weighted by Crippen LogP contribution is -2.29. The number of hydrogen-bond donors (Lipinski definition) is 0. The van der Waals surface area contributed by atoms with Gasteiger partial charge in [0.15, 0.2) is 5.65 Å². The Hall–Kier alpha value is -2.96. The van der Waals surface area contributed by atoms with Gasteiger partial charge in [0.25, 0.3) is 5.56 Å². The van der Waals surface area contributed by atoms with Crippen molar-refractivity contribution >= 4 is 27.3 Å². The summed E-state index contributed by atoms with van der Waals surface area (Å²) in [7, 11) is -5.96. The first-order valence-electron chi connectivity index (χ1n) is 9.50. The first-order chi connectivity index (χ1) is 14.7. The minimum Gasteiger partial charge on any atom is -0.460 e. The van der Waals surface area contributed by atoms with Gasteiger partial charge in [-0.25, -0.2) is 0 Å². The predicted octanol–water partition coefficient (Wildman–Crippen LogP) is 2.84. The van der Waals surface area contributed by atoms with Crippen LogP contribution in [-0.2, 0) is 19.6 Å². The number of ether oxygens (including phenoxy) is 1. The molecule has 1 aliphatic carbocycles. The number of carbonyl (C=O) groups is 1. The number of esters is 1. The normalized spacial score (nSPS) is 17.7. The van der Waals surface area contributed by atoms with Gasteiger partial charge in [-0.15, -0.1) is 0 Å². The molecule has 2 aromatic rings. The SMILES string of the molecule is CC(C)(C)OC(=O)C1CC=C(c2ccc3nc(OS(=O)(=O)C(F)(F)F)cc(=O)n3n2)CC1. The Bertz CT molecular complexity index is 1250. The maximum atomic E-state index is 12.5. The van der Waals surface area contributed by atoms with E-state index in [0.717, 1.165) is 10.1 Å². The quantitative estimate of drug-likeness (QED) is 0.377. The molecule has 0 saturated carbocycles. The van der Waals surface area contributed by atoms with Crippen molar-refractivity contribution in [1.29, 1.82) is 0 Å². The molecule has 0 aliphatic heterocycles. The van der Waals surface area contributed by atoms with Gasteiger partial charge in [-0.2, -0.15) is 36.2 Å². The Morgan fingerprint density at radius 1 is 1.22 bits per heavy atom. The molecule has 0 spiro atoms. The fourth-order valence-electron chi connectivity index (χ4n) is 3.01. The molecule has 3 rings (SSSR count). The van der Waals surface area contributed by atoms with Gasteiger partial charge in [0.05, 0.1) is 17.7 Å². The Balaban J connectivity index is 1.83. The maximum absolute atomic E-state index is 12.5. The summed E-state index contributed by atoms with van der Waals surface area (Å²) in [6.45, 7) is 5.36. The highest BCUT2D eigenvalue weighted by Crippen LogP contribution is 2.31. The highest BCUT2D eigenvalue weighted by molar-refractivity contribution is 7.87. The second-order valence-corrected chi connectivity index (χ2v) is 9.68. The van der Waals surface area contributed by atoms with Crippen molar-refractivity contribution in [3.63, 3.8) is 0 Å². The fraction of sp³-hybridized carbons (Fsp3) is 0.474. The fourth-order valence-corrected chi connectivity index (χ4v) is 3.42. The third-order valence-corrected chi connectivity index (χ3v) is 5.41. The van der Waals surface area contributed by atoms with E-state index in [4.69, 9.17) is 4.74 Å². The molecule has 0 radical (unpaired) electrons. The van der Waals surface area contributed by atoms with Gasteiger partial charge in [0, 0.05) is 0 Å². The van der Waals surface area contributed by atoms with E-state index in [0.29, 0.717) is 31.0 Å². The number of rotatable bonds is 4. The molecule has 0 fully saturated rings. The van der Waals surface area contributed by atoms with E-state index >= 15 is 0 Å². The number of hydrogen-bond acceptors (Lipinski definition) is 8. The number of nitrogens with zero attached hydrogens (tertiary/aromatic N) is 3. The van der Waals surface area contributed by atoms with Crippen LogP contribution in [0.1, 0.15) is 45.7 Å². The van der Waals surface area contributed by atoms with Crippen LogP contribution in [0.5, 0.6) is 5.88 Å². The van der Waals surface area contributed by atoms with Crippen molar-refractivity contribution in [3.05, 3.63) is 40.3 Å². The van der Waals surface area contributed by atoms with Crippen LogP contribution in [0.3, 0.4) is 0 Å². The van der Waals surface area contributed by atoms with Gasteiger partial charge in [0.2, 0.25) is 5.88 Å². The molecule has 1 aliphatic rings. The Morgan fingerprint density at radius 2 is 1.91 bits per heavy atom. The van der Waals surface area contributed by atoms with Crippen molar-refractivity contribution in [3.8, 4) is 5.88 Å². The zero-order chi connectivity index (χ0) is 23.9. The second-order valence-electron chi connectivity index (χ2n) is 8.14. The Labute approximate surface area is 181 Å². The molecule has 0 bridgehead atoms. The molecule has 1 atom stereocenters. The van der Waals surface area contributed by atoms with Crippen LogP contribution in [0, 0.1) is 5.92 Å². The van der Waals surface area contributed by atoms with Gasteiger partial charge in [-0.05, 0) is 57.7 Å². The molecule has 0 saturated heterocycles. The number of alkyl halides is 3. The standard InChI is InChI=1S/C19H20F3N3O6S/c1-18(2,3)30-17(27)12-6-4-11(5-7-12)13-8-9-14-23-15(10-16(26)25(14)24-13)31-32(28,29)19(20,21)22/h4,8-10,12H,5-7H2,1-3H3. The van der Waals surface area contributed by atoms with Crippen LogP contribution >= 0.6 is 0 Å². The summed E-state index contributed by atoms with van der Waals surface area (Å²) in [6.07, 6.45) is 3.27. The molecule has 1 unspecified atom stereocenters.